The number of hydrogen-bond donors (Lipinski definition) is 2. The predicted molar refractivity (Wildman–Crippen MR) is 129 cm³/mol. The van der Waals surface area contributed by atoms with Crippen LogP contribution in [0.3, 0.4) is 0 Å². The number of fused-ring (bicyclic) bond motifs is 1. The van der Waals surface area contributed by atoms with Crippen molar-refractivity contribution in [3.63, 3.8) is 0 Å². The van der Waals surface area contributed by atoms with Gasteiger partial charge in [0.05, 0.1) is 0 Å². The summed E-state index contributed by atoms with van der Waals surface area (Å²) in [5, 5.41) is 2.36. The fourth-order valence-electron chi connectivity index (χ4n) is 5.33. The Morgan fingerprint density at radius 2 is 1.85 bits per heavy atom. The van der Waals surface area contributed by atoms with Gasteiger partial charge in [-0.3, -0.25) is 24.6 Å². The Kier molecular flexibility index (Phi) is 6.01. The van der Waals surface area contributed by atoms with Gasteiger partial charge >= 0.3 is 0 Å². The number of carbonyl (C=O) groups excluding carboxylic acids is 3. The second kappa shape index (κ2) is 8.95. The van der Waals surface area contributed by atoms with Crippen molar-refractivity contribution in [2.24, 2.45) is 0 Å². The van der Waals surface area contributed by atoms with Crippen molar-refractivity contribution in [1.82, 2.24) is 15.1 Å². The molecule has 3 heterocycles. The number of amides is 3. The normalized spacial score (nSPS) is 26.2. The van der Waals surface area contributed by atoms with Crippen LogP contribution >= 0.6 is 12.6 Å². The van der Waals surface area contributed by atoms with Crippen LogP contribution in [0.4, 0.5) is 0 Å². The van der Waals surface area contributed by atoms with Gasteiger partial charge in [0.25, 0.3) is 5.91 Å². The summed E-state index contributed by atoms with van der Waals surface area (Å²) in [7, 11) is 0. The van der Waals surface area contributed by atoms with E-state index in [0.717, 1.165) is 50.0 Å². The van der Waals surface area contributed by atoms with Gasteiger partial charge in [-0.05, 0) is 55.0 Å². The summed E-state index contributed by atoms with van der Waals surface area (Å²) in [5.41, 5.74) is 4.07. The molecule has 2 fully saturated rings. The van der Waals surface area contributed by atoms with Crippen LogP contribution in [0.15, 0.2) is 48.5 Å². The Morgan fingerprint density at radius 1 is 1.03 bits per heavy atom. The SMILES string of the molecule is O=C1CCC(N2Cc3cc(C4(S)CCCN(Cc5ccccc5)CC4)ccc3C2=O)C(=O)N1. The summed E-state index contributed by atoms with van der Waals surface area (Å²) in [4.78, 5) is 40.9. The molecule has 3 amide bonds. The van der Waals surface area contributed by atoms with E-state index in [-0.39, 0.29) is 28.9 Å². The lowest BCUT2D eigenvalue weighted by molar-refractivity contribution is -0.136. The molecule has 2 saturated heterocycles. The van der Waals surface area contributed by atoms with Crippen molar-refractivity contribution in [1.29, 1.82) is 0 Å². The van der Waals surface area contributed by atoms with Crippen molar-refractivity contribution in [2.45, 2.75) is 56.0 Å². The second-order valence-electron chi connectivity index (χ2n) is 9.42. The van der Waals surface area contributed by atoms with Gasteiger partial charge in [-0.15, -0.1) is 0 Å². The summed E-state index contributed by atoms with van der Waals surface area (Å²) in [6.45, 7) is 3.36. The zero-order valence-corrected chi connectivity index (χ0v) is 19.5. The largest absolute Gasteiger partial charge is 0.322 e. The minimum atomic E-state index is -0.583. The average molecular weight is 464 g/mol. The van der Waals surface area contributed by atoms with Crippen molar-refractivity contribution < 1.29 is 14.4 Å². The number of hydrogen-bond acceptors (Lipinski definition) is 5. The van der Waals surface area contributed by atoms with Gasteiger partial charge < -0.3 is 4.90 Å². The van der Waals surface area contributed by atoms with Crippen LogP contribution in [0.2, 0.25) is 0 Å². The standard InChI is InChI=1S/C26H29N3O3S/c30-23-10-9-22(24(31)27-23)29-17-19-15-20(7-8-21(19)25(29)32)26(33)11-4-13-28(14-12-26)16-18-5-2-1-3-6-18/h1-3,5-8,15,22,33H,4,9-14,16-17H2,(H,27,30,31). The van der Waals surface area contributed by atoms with Crippen LogP contribution in [-0.2, 0) is 27.4 Å². The first-order valence-electron chi connectivity index (χ1n) is 11.7. The molecule has 0 bridgehead atoms. The average Bonchev–Trinajstić information content (AvgIpc) is 3.01. The van der Waals surface area contributed by atoms with Crippen LogP contribution in [-0.4, -0.2) is 46.7 Å². The Hall–Kier alpha value is -2.64. The van der Waals surface area contributed by atoms with E-state index in [1.54, 1.807) is 4.90 Å². The van der Waals surface area contributed by atoms with Gasteiger partial charge in [0.2, 0.25) is 11.8 Å². The number of nitrogens with one attached hydrogen (secondary N) is 1. The fraction of sp³-hybridized carbons (Fsp3) is 0.423. The Morgan fingerprint density at radius 3 is 2.64 bits per heavy atom. The third-order valence-corrected chi connectivity index (χ3v) is 7.92. The van der Waals surface area contributed by atoms with Gasteiger partial charge in [-0.2, -0.15) is 12.6 Å². The van der Waals surface area contributed by atoms with Crippen LogP contribution in [0, 0.1) is 0 Å². The molecule has 1 N–H and O–H groups in total. The lowest BCUT2D eigenvalue weighted by Gasteiger charge is -2.29. The maximum atomic E-state index is 13.0. The second-order valence-corrected chi connectivity index (χ2v) is 10.3. The molecule has 0 radical (unpaired) electrons. The number of piperidine rings is 1. The summed E-state index contributed by atoms with van der Waals surface area (Å²) >= 11 is 5.16. The smallest absolute Gasteiger partial charge is 0.255 e. The number of benzene rings is 2. The van der Waals surface area contributed by atoms with E-state index in [9.17, 15) is 14.4 Å². The molecule has 2 unspecified atom stereocenters. The molecule has 3 aliphatic rings. The van der Waals surface area contributed by atoms with E-state index in [1.807, 2.05) is 18.2 Å². The molecule has 3 aliphatic heterocycles. The van der Waals surface area contributed by atoms with Crippen LogP contribution < -0.4 is 5.32 Å². The predicted octanol–water partition coefficient (Wildman–Crippen LogP) is 3.26. The zero-order chi connectivity index (χ0) is 23.0. The number of thiol groups is 1. The molecule has 2 aromatic carbocycles. The summed E-state index contributed by atoms with van der Waals surface area (Å²) in [6.07, 6.45) is 3.62. The van der Waals surface area contributed by atoms with Crippen molar-refractivity contribution in [3.8, 4) is 0 Å². The maximum absolute atomic E-state index is 13.0. The first-order chi connectivity index (χ1) is 15.9. The van der Waals surface area contributed by atoms with Gasteiger partial charge in [-0.1, -0.05) is 42.5 Å². The van der Waals surface area contributed by atoms with Crippen molar-refractivity contribution >= 4 is 30.4 Å². The first kappa shape index (κ1) is 22.2. The molecule has 5 rings (SSSR count). The number of rotatable bonds is 4. The highest BCUT2D eigenvalue weighted by atomic mass is 32.1. The summed E-state index contributed by atoms with van der Waals surface area (Å²) < 4.78 is -0.244. The third kappa shape index (κ3) is 4.44. The highest BCUT2D eigenvalue weighted by Crippen LogP contribution is 2.41. The van der Waals surface area contributed by atoms with Gasteiger partial charge in [0.15, 0.2) is 0 Å². The molecule has 0 spiro atoms. The number of carbonyl (C=O) groups is 3. The number of likely N-dealkylation sites (tertiary alicyclic amines) is 1. The van der Waals surface area contributed by atoms with Crippen LogP contribution in [0.25, 0.3) is 0 Å². The molecular weight excluding hydrogens is 434 g/mol. The topological polar surface area (TPSA) is 69.7 Å². The van der Waals surface area contributed by atoms with E-state index < -0.39 is 6.04 Å². The van der Waals surface area contributed by atoms with Crippen LogP contribution in [0.5, 0.6) is 0 Å². The Balaban J connectivity index is 1.30. The molecule has 172 valence electrons. The summed E-state index contributed by atoms with van der Waals surface area (Å²) in [6, 6.07) is 16.0. The fourth-order valence-corrected chi connectivity index (χ4v) is 5.72. The van der Waals surface area contributed by atoms with Crippen molar-refractivity contribution in [2.75, 3.05) is 13.1 Å². The zero-order valence-electron chi connectivity index (χ0n) is 18.6. The molecule has 0 aliphatic carbocycles. The molecule has 6 nitrogen and oxygen atoms in total. The lowest BCUT2D eigenvalue weighted by atomic mass is 9.89. The maximum Gasteiger partial charge on any atom is 0.255 e. The van der Waals surface area contributed by atoms with E-state index in [0.29, 0.717) is 18.5 Å². The number of nitrogens with zero attached hydrogens (tertiary/aromatic N) is 2. The molecule has 0 aromatic heterocycles. The van der Waals surface area contributed by atoms with E-state index in [1.165, 1.54) is 5.56 Å². The molecule has 0 saturated carbocycles. The van der Waals surface area contributed by atoms with Gasteiger partial charge in [-0.25, -0.2) is 0 Å². The lowest BCUT2D eigenvalue weighted by Crippen LogP contribution is -2.52. The van der Waals surface area contributed by atoms with E-state index >= 15 is 0 Å². The highest BCUT2D eigenvalue weighted by Gasteiger charge is 2.40. The minimum absolute atomic E-state index is 0.130. The molecule has 2 aromatic rings. The molecular formula is C26H29N3O3S. The minimum Gasteiger partial charge on any atom is -0.322 e. The molecule has 33 heavy (non-hydrogen) atoms. The Labute approximate surface area is 199 Å². The van der Waals surface area contributed by atoms with Crippen molar-refractivity contribution in [3.05, 3.63) is 70.8 Å². The quantitative estimate of drug-likeness (QED) is 0.540. The van der Waals surface area contributed by atoms with Gasteiger partial charge in [0.1, 0.15) is 6.04 Å². The highest BCUT2D eigenvalue weighted by molar-refractivity contribution is 7.81. The van der Waals surface area contributed by atoms with Gasteiger partial charge in [0, 0.05) is 36.4 Å². The summed E-state index contributed by atoms with van der Waals surface area (Å²) in [5.74, 6) is -0.774. The van der Waals surface area contributed by atoms with E-state index in [4.69, 9.17) is 12.6 Å². The third-order valence-electron chi connectivity index (χ3n) is 7.22. The van der Waals surface area contributed by atoms with Crippen LogP contribution in [0.1, 0.15) is 59.2 Å². The molecule has 7 heteroatoms. The molecule has 2 atom stereocenters. The first-order valence-corrected chi connectivity index (χ1v) is 12.1. The monoisotopic (exact) mass is 463 g/mol. The number of imide groups is 1. The Bertz CT molecular complexity index is 1090. The van der Waals surface area contributed by atoms with E-state index in [2.05, 4.69) is 40.5 Å².